The molecule has 0 saturated carbocycles. The lowest BCUT2D eigenvalue weighted by Gasteiger charge is -2.38. The van der Waals surface area contributed by atoms with E-state index in [1.165, 1.54) is 0 Å². The highest BCUT2D eigenvalue weighted by Gasteiger charge is 2.40. The van der Waals surface area contributed by atoms with Crippen molar-refractivity contribution in [2.75, 3.05) is 0 Å². The molecule has 0 fully saturated rings. The maximum Gasteiger partial charge on any atom is 0.173 e. The van der Waals surface area contributed by atoms with Crippen LogP contribution in [0.25, 0.3) is 0 Å². The van der Waals surface area contributed by atoms with E-state index in [0.717, 1.165) is 22.4 Å². The summed E-state index contributed by atoms with van der Waals surface area (Å²) in [4.78, 5) is 5.03. The van der Waals surface area contributed by atoms with Crippen LogP contribution in [0.4, 0.5) is 0 Å². The van der Waals surface area contributed by atoms with Crippen LogP contribution in [0.3, 0.4) is 0 Å². The standard InChI is InChI=1S/C29H22Cl2N2OS/c30-26-17-10-18-27(28(26)31)35(34)20-25-19-32-21-33(25)29(22-11-4-1-5-12-22,23-13-6-2-7-14-23)24-15-8-3-9-16-24/h1-19,21H,20H2. The average Bonchev–Trinajstić information content (AvgIpc) is 3.36. The number of hydrogen-bond acceptors (Lipinski definition) is 2. The third-order valence-corrected chi connectivity index (χ3v) is 8.41. The lowest BCUT2D eigenvalue weighted by molar-refractivity contribution is 0.500. The van der Waals surface area contributed by atoms with E-state index in [1.54, 1.807) is 24.4 Å². The summed E-state index contributed by atoms with van der Waals surface area (Å²) in [6, 6.07) is 36.2. The van der Waals surface area contributed by atoms with Gasteiger partial charge in [-0.1, -0.05) is 120 Å². The van der Waals surface area contributed by atoms with Crippen molar-refractivity contribution in [1.29, 1.82) is 0 Å². The van der Waals surface area contributed by atoms with Gasteiger partial charge in [0.1, 0.15) is 10.6 Å². The lowest BCUT2D eigenvalue weighted by atomic mass is 9.76. The molecule has 6 heteroatoms. The van der Waals surface area contributed by atoms with Gasteiger partial charge < -0.3 is 9.12 Å². The Kier molecular flexibility index (Phi) is 6.98. The Hall–Kier alpha value is -3.02. The van der Waals surface area contributed by atoms with Gasteiger partial charge in [0.2, 0.25) is 0 Å². The summed E-state index contributed by atoms with van der Waals surface area (Å²) in [5.41, 5.74) is 3.31. The molecule has 1 heterocycles. The van der Waals surface area contributed by atoms with E-state index in [-0.39, 0.29) is 5.75 Å². The van der Waals surface area contributed by atoms with E-state index in [2.05, 4.69) is 45.9 Å². The summed E-state index contributed by atoms with van der Waals surface area (Å²) in [7, 11) is 0. The Labute approximate surface area is 218 Å². The molecule has 174 valence electrons. The van der Waals surface area contributed by atoms with Crippen LogP contribution in [0, 0.1) is 0 Å². The molecule has 1 unspecified atom stereocenters. The third kappa shape index (κ3) is 4.39. The molecule has 35 heavy (non-hydrogen) atoms. The second-order valence-electron chi connectivity index (χ2n) is 8.11. The summed E-state index contributed by atoms with van der Waals surface area (Å²) in [6.07, 6.45) is 3.60. The molecule has 0 aliphatic carbocycles. The van der Waals surface area contributed by atoms with Crippen LogP contribution in [-0.2, 0) is 22.5 Å². The summed E-state index contributed by atoms with van der Waals surface area (Å²) in [5.74, 6) is 0.230. The second-order valence-corrected chi connectivity index (χ2v) is 10.3. The first-order valence-corrected chi connectivity index (χ1v) is 13.2. The molecule has 1 atom stereocenters. The van der Waals surface area contributed by atoms with Gasteiger partial charge in [0, 0.05) is 0 Å². The van der Waals surface area contributed by atoms with Gasteiger partial charge in [0.25, 0.3) is 0 Å². The van der Waals surface area contributed by atoms with Crippen LogP contribution in [0.5, 0.6) is 0 Å². The van der Waals surface area contributed by atoms with Crippen LogP contribution in [0.1, 0.15) is 22.4 Å². The van der Waals surface area contributed by atoms with Crippen LogP contribution in [-0.4, -0.2) is 14.1 Å². The van der Waals surface area contributed by atoms with E-state index < -0.39 is 16.7 Å². The first-order valence-electron chi connectivity index (χ1n) is 11.1. The molecule has 0 N–H and O–H groups in total. The molecule has 5 rings (SSSR count). The highest BCUT2D eigenvalue weighted by molar-refractivity contribution is 7.90. The molecule has 0 radical (unpaired) electrons. The van der Waals surface area contributed by atoms with Crippen molar-refractivity contribution in [1.82, 2.24) is 9.55 Å². The van der Waals surface area contributed by atoms with Crippen molar-refractivity contribution >= 4 is 34.4 Å². The van der Waals surface area contributed by atoms with E-state index in [0.29, 0.717) is 14.9 Å². The SMILES string of the molecule is [O-][S+](Cc1cncn1C(c1ccccc1)(c1ccccc1)c1ccccc1)c1cccc(Cl)c1Cl. The quantitative estimate of drug-likeness (QED) is 0.167. The van der Waals surface area contributed by atoms with E-state index in [1.807, 2.05) is 60.9 Å². The Balaban J connectivity index is 1.73. The van der Waals surface area contributed by atoms with Crippen molar-refractivity contribution in [3.63, 3.8) is 0 Å². The number of hydrogen-bond donors (Lipinski definition) is 0. The molecule has 4 aromatic carbocycles. The fourth-order valence-electron chi connectivity index (χ4n) is 4.56. The molecular formula is C29H22Cl2N2OS. The molecule has 0 spiro atoms. The fraction of sp³-hybridized carbons (Fsp3) is 0.0690. The molecular weight excluding hydrogens is 495 g/mol. The highest BCUT2D eigenvalue weighted by Crippen LogP contribution is 2.42. The number of rotatable bonds is 7. The lowest BCUT2D eigenvalue weighted by Crippen LogP contribution is -2.38. The summed E-state index contributed by atoms with van der Waals surface area (Å²) in [6.45, 7) is 0. The van der Waals surface area contributed by atoms with Gasteiger partial charge in [-0.25, -0.2) is 4.98 Å². The van der Waals surface area contributed by atoms with E-state index >= 15 is 0 Å². The number of halogens is 2. The number of imidazole rings is 1. The number of aromatic nitrogens is 2. The Morgan fingerprint density at radius 1 is 0.714 bits per heavy atom. The molecule has 0 amide bonds. The topological polar surface area (TPSA) is 40.9 Å². The van der Waals surface area contributed by atoms with Crippen molar-refractivity contribution in [2.45, 2.75) is 16.2 Å². The molecule has 0 aliphatic rings. The normalized spacial score (nSPS) is 12.4. The van der Waals surface area contributed by atoms with Gasteiger partial charge in [0.15, 0.2) is 10.6 Å². The predicted molar refractivity (Wildman–Crippen MR) is 143 cm³/mol. The predicted octanol–water partition coefficient (Wildman–Crippen LogP) is 7.34. The van der Waals surface area contributed by atoms with Crippen LogP contribution in [0.2, 0.25) is 10.0 Å². The summed E-state index contributed by atoms with van der Waals surface area (Å²) < 4.78 is 15.6. The second kappa shape index (κ2) is 10.3. The maximum absolute atomic E-state index is 13.5. The minimum absolute atomic E-state index is 0.230. The van der Waals surface area contributed by atoms with Gasteiger partial charge in [-0.2, -0.15) is 0 Å². The van der Waals surface area contributed by atoms with E-state index in [4.69, 9.17) is 23.2 Å². The first kappa shape index (κ1) is 23.7. The first-order chi connectivity index (χ1) is 17.1. The summed E-state index contributed by atoms with van der Waals surface area (Å²) >= 11 is 11.2. The van der Waals surface area contributed by atoms with Gasteiger partial charge in [-0.15, -0.1) is 0 Å². The zero-order chi connectivity index (χ0) is 24.3. The van der Waals surface area contributed by atoms with Gasteiger partial charge in [-0.05, 0) is 40.0 Å². The molecule has 0 aliphatic heterocycles. The Morgan fingerprint density at radius 2 is 1.23 bits per heavy atom. The van der Waals surface area contributed by atoms with Crippen molar-refractivity contribution in [3.8, 4) is 0 Å². The van der Waals surface area contributed by atoms with Crippen LogP contribution < -0.4 is 0 Å². The van der Waals surface area contributed by atoms with Gasteiger partial charge in [0.05, 0.1) is 23.2 Å². The van der Waals surface area contributed by atoms with Crippen LogP contribution >= 0.6 is 23.2 Å². The zero-order valence-electron chi connectivity index (χ0n) is 18.7. The smallest absolute Gasteiger partial charge is 0.173 e. The zero-order valence-corrected chi connectivity index (χ0v) is 21.0. The van der Waals surface area contributed by atoms with Crippen molar-refractivity contribution in [2.24, 2.45) is 0 Å². The monoisotopic (exact) mass is 516 g/mol. The highest BCUT2D eigenvalue weighted by atomic mass is 35.5. The van der Waals surface area contributed by atoms with Crippen LogP contribution in [0.15, 0.2) is 127 Å². The van der Waals surface area contributed by atoms with Gasteiger partial charge in [-0.3, -0.25) is 0 Å². The summed E-state index contributed by atoms with van der Waals surface area (Å²) in [5, 5.41) is 0.706. The fourth-order valence-corrected chi connectivity index (χ4v) is 6.35. The molecule has 3 nitrogen and oxygen atoms in total. The largest absolute Gasteiger partial charge is 0.611 e. The molecule has 1 aromatic heterocycles. The van der Waals surface area contributed by atoms with Crippen molar-refractivity contribution < 1.29 is 4.55 Å². The molecule has 5 aromatic rings. The Bertz CT molecular complexity index is 1310. The minimum Gasteiger partial charge on any atom is -0.611 e. The van der Waals surface area contributed by atoms with E-state index in [9.17, 15) is 4.55 Å². The van der Waals surface area contributed by atoms with Crippen molar-refractivity contribution in [3.05, 3.63) is 154 Å². The molecule has 0 saturated heterocycles. The Morgan fingerprint density at radius 3 is 1.74 bits per heavy atom. The average molecular weight is 517 g/mol. The number of nitrogens with zero attached hydrogens (tertiary/aromatic N) is 2. The third-order valence-electron chi connectivity index (χ3n) is 6.09. The van der Waals surface area contributed by atoms with Gasteiger partial charge >= 0.3 is 0 Å². The number of benzene rings is 4. The maximum atomic E-state index is 13.5. The minimum atomic E-state index is -1.43. The molecule has 0 bridgehead atoms.